The molecule has 0 saturated carbocycles. The van der Waals surface area contributed by atoms with Crippen molar-refractivity contribution in [3.63, 3.8) is 0 Å². The van der Waals surface area contributed by atoms with E-state index in [1.807, 2.05) is 166 Å². The van der Waals surface area contributed by atoms with Gasteiger partial charge in [-0.3, -0.25) is 0 Å². The number of benzene rings is 10. The van der Waals surface area contributed by atoms with Gasteiger partial charge in [0, 0.05) is 46.1 Å². The van der Waals surface area contributed by atoms with Gasteiger partial charge in [0.25, 0.3) is 0 Å². The Morgan fingerprint density at radius 1 is 0.317 bits per heavy atom. The molecule has 2 heterocycles. The molecule has 0 amide bonds. The monoisotopic (exact) mass is 1070 g/mol. The molecule has 0 N–H and O–H groups in total. The van der Waals surface area contributed by atoms with Crippen molar-refractivity contribution in [1.29, 1.82) is 0 Å². The van der Waals surface area contributed by atoms with Crippen LogP contribution in [-0.4, -0.2) is 32.0 Å². The molecule has 0 aliphatic carbocycles. The lowest BCUT2D eigenvalue weighted by Crippen LogP contribution is -2.10. The van der Waals surface area contributed by atoms with E-state index in [9.17, 15) is 0 Å². The third-order valence-electron chi connectivity index (χ3n) is 13.2. The van der Waals surface area contributed by atoms with Crippen LogP contribution in [0.4, 0.5) is 11.4 Å². The fourth-order valence-corrected chi connectivity index (χ4v) is 8.92. The van der Waals surface area contributed by atoms with E-state index in [2.05, 4.69) is 194 Å². The number of aryl methyl sites for hydroxylation is 4. The summed E-state index contributed by atoms with van der Waals surface area (Å²) in [6.07, 6.45) is 8.00. The van der Waals surface area contributed by atoms with Crippen molar-refractivity contribution in [3.8, 4) is 67.7 Å². The van der Waals surface area contributed by atoms with Crippen LogP contribution in [0.1, 0.15) is 36.4 Å². The Balaban J connectivity index is 0.000000141. The van der Waals surface area contributed by atoms with E-state index in [1.54, 1.807) is 0 Å². The van der Waals surface area contributed by atoms with Crippen LogP contribution in [0.5, 0.6) is 0 Å². The predicted octanol–water partition coefficient (Wildman–Crippen LogP) is 20.0. The minimum atomic E-state index is 0.686. The van der Waals surface area contributed by atoms with Crippen LogP contribution < -0.4 is 4.90 Å². The molecule has 12 aromatic rings. The van der Waals surface area contributed by atoms with Crippen LogP contribution in [-0.2, 0) is 0 Å². The van der Waals surface area contributed by atoms with Gasteiger partial charge in [-0.25, -0.2) is 24.9 Å². The SMILES string of the molecule is C/C=C\C=C/C.Cc1ccc(-c2ccc(-c3ccccc3)cc2)cc1.Cc1cccc(-c2nc(-c3ccccc3)nc(-c3ccccc3)n2)c1.Cc1ccccc1N(C)c1ccccc1.Cc1nc(-c2ccccc2)c2ccccc2n1. The fourth-order valence-electron chi connectivity index (χ4n) is 8.92. The molecule has 6 nitrogen and oxygen atoms in total. The maximum absolute atomic E-state index is 4.72. The van der Waals surface area contributed by atoms with E-state index in [0.29, 0.717) is 17.5 Å². The molecule has 6 heteroatoms. The van der Waals surface area contributed by atoms with Gasteiger partial charge in [-0.05, 0) is 99.7 Å². The summed E-state index contributed by atoms with van der Waals surface area (Å²) in [4.78, 5) is 25.4. The Bertz CT molecular complexity index is 3830. The van der Waals surface area contributed by atoms with Crippen molar-refractivity contribution in [2.24, 2.45) is 0 Å². The highest BCUT2D eigenvalue weighted by Gasteiger charge is 2.13. The number of anilines is 2. The Hall–Kier alpha value is -10.2. The quantitative estimate of drug-likeness (QED) is 0.134. The van der Waals surface area contributed by atoms with E-state index >= 15 is 0 Å². The Kier molecular flexibility index (Phi) is 21.4. The lowest BCUT2D eigenvalue weighted by molar-refractivity contribution is 1.07. The number of para-hydroxylation sites is 3. The molecule has 0 spiro atoms. The standard InChI is InChI=1S/C22H17N3.C19H16.C15H12N2.C14H15N.C6H10/c1-16-9-8-14-19(15-16)22-24-20(17-10-4-2-5-11-17)23-21(25-22)18-12-6-3-7-13-18;1-15-7-9-17(10-8-15)19-13-11-18(12-14-19)16-5-3-2-4-6-16;1-11-16-14-10-6-5-9-13(14)15(17-11)12-7-3-2-4-8-12;1-12-8-6-7-11-14(12)15(2)13-9-4-3-5-10-13;1-3-5-6-4-2/h2-15H,1H3;2-14H,1H3;2-10H,1H3;3-11H,1-2H3;3-6H,1-2H3/b;;;;5-3-,6-4-. The van der Waals surface area contributed by atoms with Crippen molar-refractivity contribution in [2.45, 2.75) is 41.5 Å². The van der Waals surface area contributed by atoms with Gasteiger partial charge in [0.1, 0.15) is 5.82 Å². The normalized spacial score (nSPS) is 10.5. The summed E-state index contributed by atoms with van der Waals surface area (Å²) < 4.78 is 0. The van der Waals surface area contributed by atoms with E-state index in [0.717, 1.165) is 44.7 Å². The highest BCUT2D eigenvalue weighted by Crippen LogP contribution is 2.29. The summed E-state index contributed by atoms with van der Waals surface area (Å²) in [6.45, 7) is 12.2. The highest BCUT2D eigenvalue weighted by molar-refractivity contribution is 5.92. The Morgan fingerprint density at radius 2 is 0.720 bits per heavy atom. The van der Waals surface area contributed by atoms with Crippen molar-refractivity contribution in [2.75, 3.05) is 11.9 Å². The van der Waals surface area contributed by atoms with Gasteiger partial charge < -0.3 is 4.90 Å². The van der Waals surface area contributed by atoms with E-state index in [-0.39, 0.29) is 0 Å². The van der Waals surface area contributed by atoms with Gasteiger partial charge in [-0.15, -0.1) is 0 Å². The topological polar surface area (TPSA) is 67.7 Å². The Labute approximate surface area is 485 Å². The van der Waals surface area contributed by atoms with Gasteiger partial charge >= 0.3 is 0 Å². The fraction of sp³-hybridized carbons (Fsp3) is 0.0921. The van der Waals surface area contributed by atoms with E-state index in [4.69, 9.17) is 15.0 Å². The number of allylic oxidation sites excluding steroid dienone is 4. The minimum Gasteiger partial charge on any atom is -0.344 e. The second kappa shape index (κ2) is 30.3. The van der Waals surface area contributed by atoms with E-state index < -0.39 is 0 Å². The average molecular weight is 1070 g/mol. The molecule has 0 aliphatic rings. The van der Waals surface area contributed by atoms with Crippen LogP contribution in [0.15, 0.2) is 297 Å². The van der Waals surface area contributed by atoms with Crippen LogP contribution in [0, 0.1) is 27.7 Å². The van der Waals surface area contributed by atoms with Gasteiger partial charge in [0.2, 0.25) is 0 Å². The first kappa shape index (κ1) is 58.0. The van der Waals surface area contributed by atoms with Crippen molar-refractivity contribution in [1.82, 2.24) is 24.9 Å². The molecule has 404 valence electrons. The van der Waals surface area contributed by atoms with Gasteiger partial charge in [-0.1, -0.05) is 278 Å². The number of rotatable bonds is 9. The van der Waals surface area contributed by atoms with Crippen LogP contribution >= 0.6 is 0 Å². The smallest absolute Gasteiger partial charge is 0.164 e. The molecule has 0 unspecified atom stereocenters. The first-order chi connectivity index (χ1) is 40.2. The molecule has 0 saturated heterocycles. The summed E-state index contributed by atoms with van der Waals surface area (Å²) in [6, 6.07) is 93.3. The summed E-state index contributed by atoms with van der Waals surface area (Å²) in [5.41, 5.74) is 17.4. The summed E-state index contributed by atoms with van der Waals surface area (Å²) in [5, 5.41) is 1.10. The molecule has 0 fully saturated rings. The van der Waals surface area contributed by atoms with Crippen molar-refractivity contribution in [3.05, 3.63) is 320 Å². The second-order valence-corrected chi connectivity index (χ2v) is 19.5. The van der Waals surface area contributed by atoms with Crippen LogP contribution in [0.25, 0.3) is 78.6 Å². The molecule has 0 atom stereocenters. The zero-order valence-corrected chi connectivity index (χ0v) is 48.0. The molecule has 0 radical (unpaired) electrons. The number of fused-ring (bicyclic) bond motifs is 1. The van der Waals surface area contributed by atoms with Crippen molar-refractivity contribution >= 4 is 22.3 Å². The molecule has 2 aromatic heterocycles. The zero-order chi connectivity index (χ0) is 57.3. The molecule has 10 aromatic carbocycles. The zero-order valence-electron chi connectivity index (χ0n) is 48.0. The first-order valence-corrected chi connectivity index (χ1v) is 27.7. The number of aromatic nitrogens is 5. The maximum Gasteiger partial charge on any atom is 0.164 e. The molecular weight excluding hydrogens is 997 g/mol. The average Bonchev–Trinajstić information content (AvgIpc) is 3.56. The highest BCUT2D eigenvalue weighted by atomic mass is 15.1. The minimum absolute atomic E-state index is 0.686. The van der Waals surface area contributed by atoms with Gasteiger partial charge in [0.15, 0.2) is 17.5 Å². The molecule has 12 rings (SSSR count). The molecular formula is C76H70N6. The van der Waals surface area contributed by atoms with Crippen molar-refractivity contribution < 1.29 is 0 Å². The molecule has 0 aliphatic heterocycles. The predicted molar refractivity (Wildman–Crippen MR) is 348 cm³/mol. The second-order valence-electron chi connectivity index (χ2n) is 19.5. The molecule has 0 bridgehead atoms. The van der Waals surface area contributed by atoms with E-state index in [1.165, 1.54) is 50.3 Å². The van der Waals surface area contributed by atoms with Crippen LogP contribution in [0.3, 0.4) is 0 Å². The number of hydrogen-bond acceptors (Lipinski definition) is 6. The molecule has 82 heavy (non-hydrogen) atoms. The summed E-state index contributed by atoms with van der Waals surface area (Å²) in [7, 11) is 2.09. The maximum atomic E-state index is 4.72. The number of nitrogens with zero attached hydrogens (tertiary/aromatic N) is 6. The largest absolute Gasteiger partial charge is 0.344 e. The third kappa shape index (κ3) is 16.7. The summed E-state index contributed by atoms with van der Waals surface area (Å²) >= 11 is 0. The lowest BCUT2D eigenvalue weighted by atomic mass is 10.00. The summed E-state index contributed by atoms with van der Waals surface area (Å²) in [5.74, 6) is 2.87. The number of hydrogen-bond donors (Lipinski definition) is 0. The van der Waals surface area contributed by atoms with Crippen LogP contribution in [0.2, 0.25) is 0 Å². The van der Waals surface area contributed by atoms with Gasteiger partial charge in [-0.2, -0.15) is 0 Å². The lowest BCUT2D eigenvalue weighted by Gasteiger charge is -2.21. The third-order valence-corrected chi connectivity index (χ3v) is 13.2. The van der Waals surface area contributed by atoms with Gasteiger partial charge in [0.05, 0.1) is 11.2 Å². The first-order valence-electron chi connectivity index (χ1n) is 27.7. The Morgan fingerprint density at radius 3 is 1.22 bits per heavy atom.